The number of carboxylic acid groups (broad SMARTS) is 2. The molecule has 0 radical (unpaired) electrons. The molecule has 232 valence electrons. The predicted molar refractivity (Wildman–Crippen MR) is 170 cm³/mol. The fourth-order valence-corrected chi connectivity index (χ4v) is 7.14. The number of carboxylic acids is 2. The number of allylic oxidation sites excluding steroid dienone is 1. The van der Waals surface area contributed by atoms with Gasteiger partial charge in [-0.25, -0.2) is 9.98 Å². The molecule has 5 heterocycles. The summed E-state index contributed by atoms with van der Waals surface area (Å²) in [5.41, 5.74) is 12.0. The zero-order valence-corrected chi connectivity index (χ0v) is 26.6. The SMILES string of the molecule is CCC1=C(C)C(Cc2[nH]c(Cc3[nH]c(CC4=NC(=O)C(C)=C4[C@H]4CS4)c(C)c3CCC(=O)O)c(CCC(=O)O)c2C)=NC1=O. The van der Waals surface area contributed by atoms with Crippen LogP contribution in [0.5, 0.6) is 0 Å². The van der Waals surface area contributed by atoms with Crippen molar-refractivity contribution in [1.29, 1.82) is 0 Å². The molecular formula is C33H38N4O6S. The summed E-state index contributed by atoms with van der Waals surface area (Å²) < 4.78 is 0. The van der Waals surface area contributed by atoms with Gasteiger partial charge in [-0.3, -0.25) is 19.2 Å². The molecule has 2 aromatic heterocycles. The van der Waals surface area contributed by atoms with Gasteiger partial charge in [-0.2, -0.15) is 11.8 Å². The lowest BCUT2D eigenvalue weighted by molar-refractivity contribution is -0.138. The van der Waals surface area contributed by atoms with Crippen LogP contribution in [0.25, 0.3) is 0 Å². The van der Waals surface area contributed by atoms with Gasteiger partial charge in [-0.1, -0.05) is 6.92 Å². The number of carbonyl (C=O) groups excluding carboxylic acids is 2. The van der Waals surface area contributed by atoms with Crippen molar-refractivity contribution in [3.63, 3.8) is 0 Å². The molecule has 1 fully saturated rings. The van der Waals surface area contributed by atoms with E-state index < -0.39 is 11.9 Å². The topological polar surface area (TPSA) is 165 Å². The van der Waals surface area contributed by atoms with Gasteiger partial charge in [0.1, 0.15) is 0 Å². The highest BCUT2D eigenvalue weighted by atomic mass is 32.2. The summed E-state index contributed by atoms with van der Waals surface area (Å²) in [7, 11) is 0. The van der Waals surface area contributed by atoms with Gasteiger partial charge in [0, 0.05) is 77.0 Å². The molecule has 44 heavy (non-hydrogen) atoms. The second-order valence-electron chi connectivity index (χ2n) is 11.7. The number of hydrogen-bond donors (Lipinski definition) is 4. The van der Waals surface area contributed by atoms with E-state index >= 15 is 0 Å². The number of aromatic nitrogens is 2. The van der Waals surface area contributed by atoms with Gasteiger partial charge in [0.05, 0.1) is 11.4 Å². The lowest BCUT2D eigenvalue weighted by Gasteiger charge is -2.07. The van der Waals surface area contributed by atoms with Gasteiger partial charge in [0.25, 0.3) is 11.8 Å². The minimum Gasteiger partial charge on any atom is -0.481 e. The van der Waals surface area contributed by atoms with Crippen molar-refractivity contribution in [2.45, 2.75) is 91.2 Å². The average Bonchev–Trinajstić information content (AvgIpc) is 3.53. The summed E-state index contributed by atoms with van der Waals surface area (Å²) >= 11 is 1.79. The molecule has 0 unspecified atom stereocenters. The van der Waals surface area contributed by atoms with Crippen LogP contribution in [0.4, 0.5) is 0 Å². The maximum atomic E-state index is 12.5. The highest BCUT2D eigenvalue weighted by molar-refractivity contribution is 8.07. The Labute approximate surface area is 260 Å². The van der Waals surface area contributed by atoms with Crippen molar-refractivity contribution >= 4 is 46.9 Å². The van der Waals surface area contributed by atoms with Gasteiger partial charge < -0.3 is 20.2 Å². The van der Waals surface area contributed by atoms with Crippen molar-refractivity contribution < 1.29 is 29.4 Å². The van der Waals surface area contributed by atoms with Crippen LogP contribution < -0.4 is 0 Å². The van der Waals surface area contributed by atoms with E-state index in [9.17, 15) is 29.4 Å². The van der Waals surface area contributed by atoms with Gasteiger partial charge >= 0.3 is 11.9 Å². The van der Waals surface area contributed by atoms with Crippen LogP contribution in [0, 0.1) is 13.8 Å². The molecule has 1 atom stereocenters. The zero-order valence-electron chi connectivity index (χ0n) is 25.8. The van der Waals surface area contributed by atoms with Crippen LogP contribution in [0.3, 0.4) is 0 Å². The van der Waals surface area contributed by atoms with Crippen LogP contribution in [0.1, 0.15) is 85.1 Å². The van der Waals surface area contributed by atoms with Crippen molar-refractivity contribution in [1.82, 2.24) is 9.97 Å². The van der Waals surface area contributed by atoms with E-state index in [1.165, 1.54) is 0 Å². The van der Waals surface area contributed by atoms with Gasteiger partial charge in [-0.05, 0) is 80.4 Å². The molecule has 11 heteroatoms. The Morgan fingerprint density at radius 1 is 0.773 bits per heavy atom. The fraction of sp³-hybridized carbons (Fsp3) is 0.455. The van der Waals surface area contributed by atoms with Gasteiger partial charge in [-0.15, -0.1) is 0 Å². The number of nitrogens with one attached hydrogen (secondary N) is 2. The highest BCUT2D eigenvalue weighted by Gasteiger charge is 2.37. The smallest absolute Gasteiger partial charge is 0.303 e. The number of thioether (sulfide) groups is 1. The van der Waals surface area contributed by atoms with E-state index in [4.69, 9.17) is 0 Å². The van der Waals surface area contributed by atoms with Crippen LogP contribution >= 0.6 is 11.8 Å². The number of carbonyl (C=O) groups is 4. The number of amides is 2. The number of hydrogen-bond acceptors (Lipinski definition) is 5. The standard InChI is InChI=1S/C33H38N4O6S/c1-6-19-15(2)24(36-33(19)43)11-22-16(3)20(7-9-29(38)39)25(34-22)13-26-21(8-10-30(40)41)17(4)23(35-26)12-27-31(28-14-44-28)18(5)32(42)37-27/h28,34-35H,6-14H2,1-5H3,(H,38,39)(H,40,41)/t28-/m1/s1. The van der Waals surface area contributed by atoms with Crippen LogP contribution in [-0.4, -0.2) is 66.4 Å². The van der Waals surface area contributed by atoms with Crippen molar-refractivity contribution in [2.75, 3.05) is 5.75 Å². The van der Waals surface area contributed by atoms with E-state index in [0.717, 1.165) is 73.2 Å². The van der Waals surface area contributed by atoms with Crippen molar-refractivity contribution in [2.24, 2.45) is 9.98 Å². The summed E-state index contributed by atoms with van der Waals surface area (Å²) in [6, 6.07) is 0. The number of nitrogens with zero attached hydrogens (tertiary/aromatic N) is 2. The first kappa shape index (κ1) is 31.4. The molecule has 0 saturated carbocycles. The van der Waals surface area contributed by atoms with E-state index in [0.29, 0.717) is 55.1 Å². The fourth-order valence-electron chi connectivity index (χ4n) is 6.40. The quantitative estimate of drug-likeness (QED) is 0.221. The first-order valence-corrected chi connectivity index (χ1v) is 16.0. The molecule has 4 N–H and O–H groups in total. The average molecular weight is 619 g/mol. The second-order valence-corrected chi connectivity index (χ2v) is 13.0. The minimum atomic E-state index is -0.893. The number of aliphatic imine (C=N–C) groups is 2. The third-order valence-corrected chi connectivity index (χ3v) is 9.93. The molecular weight excluding hydrogens is 580 g/mol. The molecule has 1 saturated heterocycles. The first-order chi connectivity index (χ1) is 20.9. The second kappa shape index (κ2) is 12.6. The molecule has 2 amide bonds. The Morgan fingerprint density at radius 2 is 1.27 bits per heavy atom. The first-order valence-electron chi connectivity index (χ1n) is 15.0. The Morgan fingerprint density at radius 3 is 1.73 bits per heavy atom. The van der Waals surface area contributed by atoms with Gasteiger partial charge in [0.15, 0.2) is 0 Å². The molecule has 0 bridgehead atoms. The van der Waals surface area contributed by atoms with E-state index in [1.54, 1.807) is 11.8 Å². The molecule has 0 aliphatic carbocycles. The monoisotopic (exact) mass is 618 g/mol. The zero-order chi connectivity index (χ0) is 31.9. The largest absolute Gasteiger partial charge is 0.481 e. The third kappa shape index (κ3) is 6.29. The molecule has 5 rings (SSSR count). The molecule has 0 aromatic carbocycles. The Balaban J connectivity index is 1.50. The molecule has 3 aliphatic rings. The van der Waals surface area contributed by atoms with Crippen molar-refractivity contribution in [3.8, 4) is 0 Å². The minimum absolute atomic E-state index is 0.0341. The maximum Gasteiger partial charge on any atom is 0.303 e. The van der Waals surface area contributed by atoms with Crippen LogP contribution in [0.15, 0.2) is 32.3 Å². The summed E-state index contributed by atoms with van der Waals surface area (Å²) in [5, 5.41) is 19.3. The van der Waals surface area contributed by atoms with Crippen LogP contribution in [0.2, 0.25) is 0 Å². The number of H-pyrrole nitrogens is 2. The highest BCUT2D eigenvalue weighted by Crippen LogP contribution is 2.41. The number of aliphatic carboxylic acids is 2. The molecule has 2 aromatic rings. The Hall–Kier alpha value is -3.99. The molecule has 10 nitrogen and oxygen atoms in total. The van der Waals surface area contributed by atoms with Crippen LogP contribution in [-0.2, 0) is 51.3 Å². The maximum absolute atomic E-state index is 12.5. The Kier molecular flexibility index (Phi) is 8.97. The van der Waals surface area contributed by atoms with E-state index in [-0.39, 0.29) is 24.7 Å². The summed E-state index contributed by atoms with van der Waals surface area (Å²) in [6.45, 7) is 9.61. The molecule has 0 spiro atoms. The Bertz CT molecular complexity index is 1710. The normalized spacial score (nSPS) is 18.1. The summed E-state index contributed by atoms with van der Waals surface area (Å²) in [6.07, 6.45) is 2.49. The third-order valence-electron chi connectivity index (χ3n) is 9.02. The summed E-state index contributed by atoms with van der Waals surface area (Å²) in [4.78, 5) is 63.7. The predicted octanol–water partition coefficient (Wildman–Crippen LogP) is 4.79. The summed E-state index contributed by atoms with van der Waals surface area (Å²) in [5.74, 6) is -1.20. The number of aromatic amines is 2. The van der Waals surface area contributed by atoms with E-state index in [1.807, 2.05) is 34.6 Å². The lowest BCUT2D eigenvalue weighted by Crippen LogP contribution is -2.10. The lowest BCUT2D eigenvalue weighted by atomic mass is 9.96. The number of rotatable bonds is 14. The van der Waals surface area contributed by atoms with Crippen molar-refractivity contribution in [3.05, 3.63) is 67.3 Å². The van der Waals surface area contributed by atoms with E-state index in [2.05, 4.69) is 20.0 Å². The molecule has 3 aliphatic heterocycles. The van der Waals surface area contributed by atoms with Gasteiger partial charge in [0.2, 0.25) is 0 Å².